The first-order valence-electron chi connectivity index (χ1n) is 4.02. The Morgan fingerprint density at radius 3 is 0.667 bits per heavy atom. The van der Waals surface area contributed by atoms with Gasteiger partial charge in [-0.05, 0) is 0 Å². The Morgan fingerprint density at radius 2 is 0.667 bits per heavy atom. The van der Waals surface area contributed by atoms with E-state index < -0.39 is 6.60 Å². The van der Waals surface area contributed by atoms with Crippen molar-refractivity contribution in [1.29, 1.82) is 0 Å². The number of hydrogen-bond donors (Lipinski definition) is 0. The topological polar surface area (TPSA) is 0 Å². The van der Waals surface area contributed by atoms with Gasteiger partial charge in [-0.25, -0.2) is 0 Å². The molecule has 0 N–H and O–H groups in total. The minimum atomic E-state index is -1.05. The monoisotopic (exact) mass is 212 g/mol. The molecule has 0 aliphatic rings. The molecular weight excluding hydrogens is 182 g/mol. The van der Waals surface area contributed by atoms with Gasteiger partial charge in [-0.3, -0.25) is 0 Å². The molecule has 80 valence electrons. The van der Waals surface area contributed by atoms with Crippen molar-refractivity contribution in [2.75, 3.05) is 60.0 Å². The standard InChI is InChI=1S/C5H15P.C4H12P.CH3/c1-6(2,3,4)5;1-5(2,3)4;/h1-5H3;1-4H3;1H3/q;+1;-1. The van der Waals surface area contributed by atoms with Gasteiger partial charge in [0.25, 0.3) is 0 Å². The third kappa shape index (κ3) is 1430. The summed E-state index contributed by atoms with van der Waals surface area (Å²) in [5.74, 6) is 0. The van der Waals surface area contributed by atoms with Gasteiger partial charge < -0.3 is 7.43 Å². The quantitative estimate of drug-likeness (QED) is 0.424. The minimum Gasteiger partial charge on any atom is -0.358 e. The summed E-state index contributed by atoms with van der Waals surface area (Å²) in [6.45, 7) is 19.8. The molecule has 0 amide bonds. The van der Waals surface area contributed by atoms with Gasteiger partial charge in [0.05, 0.1) is 0 Å². The smallest absolute Gasteiger partial charge is 0.0481 e. The van der Waals surface area contributed by atoms with Crippen molar-refractivity contribution >= 4 is 13.9 Å². The fraction of sp³-hybridized carbons (Fsp3) is 0.900. The van der Waals surface area contributed by atoms with E-state index in [1.165, 1.54) is 0 Å². The Morgan fingerprint density at radius 1 is 0.667 bits per heavy atom. The number of rotatable bonds is 0. The van der Waals surface area contributed by atoms with Crippen molar-refractivity contribution in [1.82, 2.24) is 0 Å². The van der Waals surface area contributed by atoms with E-state index in [2.05, 4.69) is 60.0 Å². The van der Waals surface area contributed by atoms with Crippen LogP contribution in [0.5, 0.6) is 0 Å². The molecule has 0 aliphatic heterocycles. The maximum Gasteiger partial charge on any atom is 0.0481 e. The first-order chi connectivity index (χ1) is 4.24. The third-order valence-corrected chi connectivity index (χ3v) is 0. The molecular formula is C10H30P2. The predicted molar refractivity (Wildman–Crippen MR) is 73.6 cm³/mol. The maximum absolute atomic E-state index is 2.34. The molecule has 0 radical (unpaired) electrons. The molecule has 2 heteroatoms. The second-order valence-corrected chi connectivity index (χ2v) is 21.5. The van der Waals surface area contributed by atoms with Crippen LogP contribution in [0.4, 0.5) is 0 Å². The fourth-order valence-corrected chi connectivity index (χ4v) is 0. The van der Waals surface area contributed by atoms with Crippen molar-refractivity contribution in [3.63, 3.8) is 0 Å². The van der Waals surface area contributed by atoms with Crippen LogP contribution in [0.1, 0.15) is 0 Å². The summed E-state index contributed by atoms with van der Waals surface area (Å²) >= 11 is 0. The summed E-state index contributed by atoms with van der Waals surface area (Å²) in [6, 6.07) is 0. The van der Waals surface area contributed by atoms with E-state index in [-0.39, 0.29) is 14.7 Å². The van der Waals surface area contributed by atoms with Gasteiger partial charge in [0.2, 0.25) is 0 Å². The molecule has 0 aliphatic carbocycles. The average molecular weight is 212 g/mol. The van der Waals surface area contributed by atoms with Crippen molar-refractivity contribution in [2.24, 2.45) is 0 Å². The molecule has 12 heavy (non-hydrogen) atoms. The van der Waals surface area contributed by atoms with Crippen molar-refractivity contribution in [3.05, 3.63) is 7.43 Å². The summed E-state index contributed by atoms with van der Waals surface area (Å²) < 4.78 is 0. The van der Waals surface area contributed by atoms with Crippen LogP contribution in [0.25, 0.3) is 0 Å². The second-order valence-electron chi connectivity index (χ2n) is 7.16. The van der Waals surface area contributed by atoms with Crippen molar-refractivity contribution in [3.8, 4) is 0 Å². The summed E-state index contributed by atoms with van der Waals surface area (Å²) in [4.78, 5) is 0. The van der Waals surface area contributed by atoms with E-state index >= 15 is 0 Å². The summed E-state index contributed by atoms with van der Waals surface area (Å²) in [5.41, 5.74) is 0. The molecule has 0 aromatic rings. The van der Waals surface area contributed by atoms with Gasteiger partial charge in [-0.15, -0.1) is 0 Å². The van der Waals surface area contributed by atoms with Gasteiger partial charge in [0, 0.05) is 33.9 Å². The van der Waals surface area contributed by atoms with Crippen LogP contribution in [0.15, 0.2) is 0 Å². The van der Waals surface area contributed by atoms with Crippen molar-refractivity contribution < 1.29 is 0 Å². The van der Waals surface area contributed by atoms with E-state index in [1.807, 2.05) is 0 Å². The van der Waals surface area contributed by atoms with Crippen LogP contribution in [-0.4, -0.2) is 60.0 Å². The van der Waals surface area contributed by atoms with E-state index in [4.69, 9.17) is 0 Å². The molecule has 0 nitrogen and oxygen atoms in total. The van der Waals surface area contributed by atoms with Crippen LogP contribution in [0, 0.1) is 7.43 Å². The Balaban J connectivity index is -0.000000126. The summed E-state index contributed by atoms with van der Waals surface area (Å²) in [5, 5.41) is 0. The molecule has 0 fully saturated rings. The van der Waals surface area contributed by atoms with Crippen molar-refractivity contribution in [2.45, 2.75) is 0 Å². The molecule has 0 atom stereocenters. The van der Waals surface area contributed by atoms with Gasteiger partial charge in [-0.2, -0.15) is 0 Å². The maximum atomic E-state index is 2.34. The van der Waals surface area contributed by atoms with Crippen LogP contribution in [0.3, 0.4) is 0 Å². The Bertz CT molecular complexity index is 87.1. The van der Waals surface area contributed by atoms with E-state index in [0.29, 0.717) is 0 Å². The molecule has 0 aromatic carbocycles. The Labute approximate surface area is 81.8 Å². The fourth-order valence-electron chi connectivity index (χ4n) is 0. The zero-order chi connectivity index (χ0) is 9.95. The molecule has 0 spiro atoms. The number of hydrogen-bond acceptors (Lipinski definition) is 0. The first-order valence-corrected chi connectivity index (χ1v) is 12.1. The van der Waals surface area contributed by atoms with E-state index in [9.17, 15) is 0 Å². The van der Waals surface area contributed by atoms with Crippen LogP contribution in [-0.2, 0) is 0 Å². The Hall–Kier alpha value is 0.860. The average Bonchev–Trinajstić information content (AvgIpc) is 1.07. The second kappa shape index (κ2) is 4.92. The molecule has 0 unspecified atom stereocenters. The Kier molecular flexibility index (Phi) is 7.63. The molecule has 0 saturated carbocycles. The van der Waals surface area contributed by atoms with Gasteiger partial charge in [0.1, 0.15) is 0 Å². The third-order valence-electron chi connectivity index (χ3n) is 0. The summed E-state index contributed by atoms with van der Waals surface area (Å²) in [6.07, 6.45) is 0. The predicted octanol–water partition coefficient (Wildman–Crippen LogP) is 3.66. The van der Waals surface area contributed by atoms with Crippen LogP contribution < -0.4 is 0 Å². The zero-order valence-corrected chi connectivity index (χ0v) is 12.7. The molecule has 0 aromatic heterocycles. The van der Waals surface area contributed by atoms with E-state index in [1.54, 1.807) is 0 Å². The van der Waals surface area contributed by atoms with Gasteiger partial charge in [0.15, 0.2) is 0 Å². The zero-order valence-electron chi connectivity index (χ0n) is 10.9. The molecule has 0 saturated heterocycles. The van der Waals surface area contributed by atoms with Gasteiger partial charge in [-0.1, -0.05) is 0 Å². The largest absolute Gasteiger partial charge is 0.358 e. The van der Waals surface area contributed by atoms with E-state index in [0.717, 1.165) is 0 Å². The van der Waals surface area contributed by atoms with Crippen LogP contribution in [0.2, 0.25) is 0 Å². The minimum absolute atomic E-state index is 0. The molecule has 0 heterocycles. The summed E-state index contributed by atoms with van der Waals surface area (Å²) in [7, 11) is -0.389. The normalized spacial score (nSPS) is 14.6. The van der Waals surface area contributed by atoms with Gasteiger partial charge >= 0.3 is 39.9 Å². The SMILES string of the molecule is CP(C)(C)(C)C.C[P+](C)(C)C.[CH3-]. The van der Waals surface area contributed by atoms with Crippen LogP contribution >= 0.6 is 13.9 Å². The molecule has 0 rings (SSSR count). The molecule has 0 bridgehead atoms. The first kappa shape index (κ1) is 18.6.